The molecular weight excluding hydrogens is 403 g/mol. The van der Waals surface area contributed by atoms with Gasteiger partial charge in [-0.1, -0.05) is 6.42 Å². The van der Waals surface area contributed by atoms with E-state index in [1.54, 1.807) is 6.26 Å². The molecule has 2 N–H and O–H groups in total. The number of rotatable bonds is 7. The lowest BCUT2D eigenvalue weighted by Crippen LogP contribution is -2.41. The van der Waals surface area contributed by atoms with E-state index in [4.69, 9.17) is 4.42 Å². The Bertz CT molecular complexity index is 436. The number of piperidine rings is 1. The van der Waals surface area contributed by atoms with Crippen LogP contribution in [0.15, 0.2) is 27.8 Å². The summed E-state index contributed by atoms with van der Waals surface area (Å²) in [4.78, 5) is 6.87. The first-order chi connectivity index (χ1) is 10.8. The topological polar surface area (TPSA) is 52.8 Å². The lowest BCUT2D eigenvalue weighted by molar-refractivity contribution is 0.159. The second-order valence-electron chi connectivity index (χ2n) is 5.99. The van der Waals surface area contributed by atoms with Gasteiger partial charge in [-0.15, -0.1) is 24.0 Å². The third-order valence-electron chi connectivity index (χ3n) is 4.32. The van der Waals surface area contributed by atoms with Crippen molar-refractivity contribution < 1.29 is 4.42 Å². The van der Waals surface area contributed by atoms with E-state index >= 15 is 0 Å². The molecule has 0 aliphatic carbocycles. The summed E-state index contributed by atoms with van der Waals surface area (Å²) in [7, 11) is 1.81. The molecule has 0 saturated carbocycles. The van der Waals surface area contributed by atoms with Crippen molar-refractivity contribution in [1.82, 2.24) is 15.5 Å². The summed E-state index contributed by atoms with van der Waals surface area (Å²) in [6.07, 6.45) is 7.84. The van der Waals surface area contributed by atoms with Crippen molar-refractivity contribution in [2.24, 2.45) is 4.99 Å². The summed E-state index contributed by atoms with van der Waals surface area (Å²) in [6, 6.07) is 4.67. The molecule has 1 aliphatic heterocycles. The number of halogens is 1. The highest BCUT2D eigenvalue weighted by Gasteiger charge is 2.16. The number of guanidine groups is 1. The minimum Gasteiger partial charge on any atom is -0.469 e. The van der Waals surface area contributed by atoms with Crippen molar-refractivity contribution in [3.8, 4) is 0 Å². The minimum atomic E-state index is 0. The van der Waals surface area contributed by atoms with Crippen molar-refractivity contribution in [2.75, 3.05) is 33.2 Å². The van der Waals surface area contributed by atoms with E-state index in [9.17, 15) is 0 Å². The number of likely N-dealkylation sites (tertiary alicyclic amines) is 1. The van der Waals surface area contributed by atoms with Gasteiger partial charge in [-0.05, 0) is 44.9 Å². The molecule has 2 heterocycles. The molecule has 2 rings (SSSR count). The predicted octanol–water partition coefficient (Wildman–Crippen LogP) is 2.87. The Hall–Kier alpha value is -0.760. The van der Waals surface area contributed by atoms with Crippen molar-refractivity contribution >= 4 is 29.9 Å². The predicted molar refractivity (Wildman–Crippen MR) is 107 cm³/mol. The first-order valence-corrected chi connectivity index (χ1v) is 8.50. The Morgan fingerprint density at radius 3 is 2.87 bits per heavy atom. The molecule has 0 aromatic carbocycles. The standard InChI is InChI=1S/C17H30N4O.HI/c1-15-7-3-4-12-21(15)13-6-10-19-17(18-2)20-11-9-16-8-5-14-22-16;/h5,8,14-15H,3-4,6-7,9-13H2,1-2H3,(H2,18,19,20);1H. The van der Waals surface area contributed by atoms with E-state index in [2.05, 4.69) is 27.4 Å². The monoisotopic (exact) mass is 434 g/mol. The van der Waals surface area contributed by atoms with Gasteiger partial charge in [0, 0.05) is 39.1 Å². The molecular formula is C17H31IN4O. The maximum absolute atomic E-state index is 5.32. The molecule has 0 radical (unpaired) electrons. The van der Waals surface area contributed by atoms with E-state index in [1.165, 1.54) is 32.4 Å². The first kappa shape index (κ1) is 20.3. The van der Waals surface area contributed by atoms with Crippen LogP contribution in [0.2, 0.25) is 0 Å². The summed E-state index contributed by atoms with van der Waals surface area (Å²) in [5, 5.41) is 6.71. The number of nitrogens with one attached hydrogen (secondary N) is 2. The van der Waals surface area contributed by atoms with Gasteiger partial charge in [0.1, 0.15) is 5.76 Å². The van der Waals surface area contributed by atoms with Crippen LogP contribution in [-0.4, -0.2) is 50.1 Å². The lowest BCUT2D eigenvalue weighted by atomic mass is 10.0. The Kier molecular flexibility index (Phi) is 10.3. The van der Waals surface area contributed by atoms with Gasteiger partial charge in [-0.25, -0.2) is 0 Å². The molecule has 132 valence electrons. The van der Waals surface area contributed by atoms with Crippen LogP contribution in [0, 0.1) is 0 Å². The van der Waals surface area contributed by atoms with Crippen LogP contribution in [0.5, 0.6) is 0 Å². The Labute approximate surface area is 157 Å². The van der Waals surface area contributed by atoms with Gasteiger partial charge < -0.3 is 20.0 Å². The maximum Gasteiger partial charge on any atom is 0.190 e. The molecule has 1 aromatic heterocycles. The molecule has 5 nitrogen and oxygen atoms in total. The molecule has 1 fully saturated rings. The quantitative estimate of drug-likeness (QED) is 0.300. The van der Waals surface area contributed by atoms with E-state index in [1.807, 2.05) is 19.2 Å². The number of aliphatic imine (C=N–C) groups is 1. The Morgan fingerprint density at radius 2 is 2.17 bits per heavy atom. The zero-order chi connectivity index (χ0) is 15.6. The summed E-state index contributed by atoms with van der Waals surface area (Å²) in [6.45, 7) is 6.58. The molecule has 0 bridgehead atoms. The smallest absolute Gasteiger partial charge is 0.190 e. The highest BCUT2D eigenvalue weighted by molar-refractivity contribution is 14.0. The van der Waals surface area contributed by atoms with Gasteiger partial charge in [-0.3, -0.25) is 4.99 Å². The summed E-state index contributed by atoms with van der Waals surface area (Å²) in [5.41, 5.74) is 0. The van der Waals surface area contributed by atoms with E-state index in [0.29, 0.717) is 0 Å². The van der Waals surface area contributed by atoms with Crippen LogP contribution in [0.25, 0.3) is 0 Å². The molecule has 0 spiro atoms. The van der Waals surface area contributed by atoms with E-state index in [-0.39, 0.29) is 24.0 Å². The largest absolute Gasteiger partial charge is 0.469 e. The fourth-order valence-corrected chi connectivity index (χ4v) is 2.96. The van der Waals surface area contributed by atoms with Gasteiger partial charge >= 0.3 is 0 Å². The van der Waals surface area contributed by atoms with Crippen molar-refractivity contribution in [3.63, 3.8) is 0 Å². The molecule has 1 saturated heterocycles. The average molecular weight is 434 g/mol. The number of hydrogen-bond donors (Lipinski definition) is 2. The minimum absolute atomic E-state index is 0. The highest BCUT2D eigenvalue weighted by Crippen LogP contribution is 2.15. The van der Waals surface area contributed by atoms with Crippen LogP contribution in [0.1, 0.15) is 38.4 Å². The van der Waals surface area contributed by atoms with E-state index < -0.39 is 0 Å². The zero-order valence-electron chi connectivity index (χ0n) is 14.4. The third kappa shape index (κ3) is 7.56. The van der Waals surface area contributed by atoms with Gasteiger partial charge in [0.2, 0.25) is 0 Å². The second kappa shape index (κ2) is 11.7. The van der Waals surface area contributed by atoms with Gasteiger partial charge in [0.05, 0.1) is 6.26 Å². The summed E-state index contributed by atoms with van der Waals surface area (Å²) < 4.78 is 5.32. The molecule has 23 heavy (non-hydrogen) atoms. The van der Waals surface area contributed by atoms with Crippen LogP contribution in [0.4, 0.5) is 0 Å². The molecule has 1 unspecified atom stereocenters. The first-order valence-electron chi connectivity index (χ1n) is 8.50. The average Bonchev–Trinajstić information content (AvgIpc) is 3.04. The molecule has 0 amide bonds. The normalized spacial score (nSPS) is 19.2. The van der Waals surface area contributed by atoms with Crippen molar-refractivity contribution in [1.29, 1.82) is 0 Å². The van der Waals surface area contributed by atoms with Gasteiger partial charge in [0.15, 0.2) is 5.96 Å². The SMILES string of the molecule is CN=C(NCCCN1CCCCC1C)NCCc1ccco1.I. The fraction of sp³-hybridized carbons (Fsp3) is 0.706. The van der Waals surface area contributed by atoms with Crippen molar-refractivity contribution in [3.05, 3.63) is 24.2 Å². The molecule has 1 aliphatic rings. The Balaban J connectivity index is 0.00000264. The Morgan fingerprint density at radius 1 is 1.35 bits per heavy atom. The van der Waals surface area contributed by atoms with Crippen LogP contribution in [-0.2, 0) is 6.42 Å². The van der Waals surface area contributed by atoms with Crippen LogP contribution < -0.4 is 10.6 Å². The molecule has 6 heteroatoms. The third-order valence-corrected chi connectivity index (χ3v) is 4.32. The number of furan rings is 1. The summed E-state index contributed by atoms with van der Waals surface area (Å²) in [5.74, 6) is 1.88. The van der Waals surface area contributed by atoms with Gasteiger partial charge in [-0.2, -0.15) is 0 Å². The van der Waals surface area contributed by atoms with Gasteiger partial charge in [0.25, 0.3) is 0 Å². The van der Waals surface area contributed by atoms with Crippen LogP contribution in [0.3, 0.4) is 0 Å². The lowest BCUT2D eigenvalue weighted by Gasteiger charge is -2.33. The number of nitrogens with zero attached hydrogens (tertiary/aromatic N) is 2. The number of hydrogen-bond acceptors (Lipinski definition) is 3. The van der Waals surface area contributed by atoms with Crippen LogP contribution >= 0.6 is 24.0 Å². The highest BCUT2D eigenvalue weighted by atomic mass is 127. The zero-order valence-corrected chi connectivity index (χ0v) is 16.7. The summed E-state index contributed by atoms with van der Waals surface area (Å²) >= 11 is 0. The second-order valence-corrected chi connectivity index (χ2v) is 5.99. The van der Waals surface area contributed by atoms with E-state index in [0.717, 1.165) is 43.7 Å². The van der Waals surface area contributed by atoms with Crippen molar-refractivity contribution in [2.45, 2.75) is 45.1 Å². The fourth-order valence-electron chi connectivity index (χ4n) is 2.96. The molecule has 1 atom stereocenters. The maximum atomic E-state index is 5.32. The molecule has 1 aromatic rings.